The van der Waals surface area contributed by atoms with E-state index in [9.17, 15) is 59.1 Å². The number of thiazole rings is 1. The first-order valence-corrected chi connectivity index (χ1v) is 45.2. The smallest absolute Gasteiger partial charge is 0.391 e. The molecule has 3 unspecified atom stereocenters. The molecule has 0 spiro atoms. The number of rotatable bonds is 31. The van der Waals surface area contributed by atoms with Gasteiger partial charge in [0.05, 0.1) is 64.1 Å². The van der Waals surface area contributed by atoms with Crippen molar-refractivity contribution in [2.75, 3.05) is 152 Å². The summed E-state index contributed by atoms with van der Waals surface area (Å²) in [6.07, 6.45) is 3.81. The van der Waals surface area contributed by atoms with Gasteiger partial charge < -0.3 is 50.7 Å². The number of piperazine rings is 2. The van der Waals surface area contributed by atoms with Crippen molar-refractivity contribution in [3.63, 3.8) is 0 Å². The second-order valence-electron chi connectivity index (χ2n) is 32.7. The second kappa shape index (κ2) is 38.9. The van der Waals surface area contributed by atoms with E-state index in [1.54, 1.807) is 61.9 Å². The molecule has 2 aromatic heterocycles. The highest BCUT2D eigenvalue weighted by atomic mass is 35.5. The summed E-state index contributed by atoms with van der Waals surface area (Å²) in [6, 6.07) is 34.5. The number of likely N-dealkylation sites (N-methyl/N-ethyl adjacent to an activating group) is 1. The zero-order chi connectivity index (χ0) is 84.3. The number of allylic oxidation sites excluding steroid dienone is 1. The van der Waals surface area contributed by atoms with Gasteiger partial charge in [0.15, 0.2) is 0 Å². The molecule has 0 bridgehead atoms. The maximum atomic E-state index is 14.4. The number of ether oxygens (including phenoxy) is 1. The summed E-state index contributed by atoms with van der Waals surface area (Å²) in [5.41, 5.74) is 2.52. The zero-order valence-corrected chi connectivity index (χ0v) is 71.6. The Kier molecular flexibility index (Phi) is 29.2. The average molecular weight is 1720 g/mol. The van der Waals surface area contributed by atoms with Gasteiger partial charge in [0.1, 0.15) is 22.8 Å². The predicted molar refractivity (Wildman–Crippen MR) is 455 cm³/mol. The lowest BCUT2D eigenvalue weighted by Crippen LogP contribution is -2.58. The summed E-state index contributed by atoms with van der Waals surface area (Å²) in [5.74, 6) is -2.03. The minimum Gasteiger partial charge on any atom is -0.391 e. The number of amides is 5. The molecule has 6 N–H and O–H groups in total. The van der Waals surface area contributed by atoms with Crippen LogP contribution in [0.5, 0.6) is 0 Å². The van der Waals surface area contributed by atoms with E-state index in [0.717, 1.165) is 141 Å². The largest absolute Gasteiger partial charge is 0.501 e. The van der Waals surface area contributed by atoms with Crippen LogP contribution in [-0.2, 0) is 39.0 Å². The molecular weight excluding hydrogens is 1610 g/mol. The molecule has 4 fully saturated rings. The number of likely N-dealkylation sites (tertiary alicyclic amines) is 1. The van der Waals surface area contributed by atoms with Crippen molar-refractivity contribution in [3.8, 4) is 10.4 Å². The molecule has 4 aliphatic heterocycles. The minimum absolute atomic E-state index is 0.0115. The molecule has 6 atom stereocenters. The van der Waals surface area contributed by atoms with Gasteiger partial charge in [-0.2, -0.15) is 13.2 Å². The third-order valence-electron chi connectivity index (χ3n) is 22.7. The van der Waals surface area contributed by atoms with Crippen molar-refractivity contribution in [2.45, 2.75) is 124 Å². The van der Waals surface area contributed by atoms with Crippen LogP contribution in [0.15, 0.2) is 165 Å². The molecule has 6 heterocycles. The van der Waals surface area contributed by atoms with E-state index < -0.39 is 113 Å². The molecule has 7 aromatic rings. The fourth-order valence-electron chi connectivity index (χ4n) is 16.0. The number of halogens is 4. The number of nitrogens with zero attached hydrogens (tertiary/aromatic N) is 9. The molecule has 0 radical (unpaired) electrons. The van der Waals surface area contributed by atoms with Gasteiger partial charge in [-0.15, -0.1) is 23.1 Å². The van der Waals surface area contributed by atoms with Crippen molar-refractivity contribution in [1.29, 1.82) is 0 Å². The Labute approximate surface area is 702 Å². The average Bonchev–Trinajstić information content (AvgIpc) is 0.967. The number of alkyl halides is 3. The third-order valence-corrected chi connectivity index (χ3v) is 27.9. The van der Waals surface area contributed by atoms with Crippen molar-refractivity contribution in [2.24, 2.45) is 10.8 Å². The number of thioether (sulfide) groups is 1. The third kappa shape index (κ3) is 22.9. The van der Waals surface area contributed by atoms with Gasteiger partial charge in [-0.05, 0) is 159 Å². The number of sulfone groups is 1. The van der Waals surface area contributed by atoms with Crippen LogP contribution in [0.2, 0.25) is 5.02 Å². The summed E-state index contributed by atoms with van der Waals surface area (Å²) in [5, 5.41) is 23.0. The van der Waals surface area contributed by atoms with E-state index in [2.05, 4.69) is 86.7 Å². The quantitative estimate of drug-likeness (QED) is 0.0220. The maximum Gasteiger partial charge on any atom is 0.501 e. The number of anilines is 3. The zero-order valence-electron chi connectivity index (χ0n) is 67.6. The van der Waals surface area contributed by atoms with E-state index in [1.807, 2.05) is 85.3 Å². The summed E-state index contributed by atoms with van der Waals surface area (Å²) in [7, 11) is -8.84. The van der Waals surface area contributed by atoms with Crippen LogP contribution in [0, 0.1) is 17.8 Å². The van der Waals surface area contributed by atoms with Gasteiger partial charge in [-0.1, -0.05) is 99.5 Å². The summed E-state index contributed by atoms with van der Waals surface area (Å²) in [6.45, 7) is 23.3. The number of pyridine rings is 1. The van der Waals surface area contributed by atoms with E-state index in [1.165, 1.54) is 46.1 Å². The molecule has 118 heavy (non-hydrogen) atoms. The number of β-amino-alcohol motifs (C(OH)–C–C–N with tert-alkyl or cyclic N) is 1. The van der Waals surface area contributed by atoms with Crippen LogP contribution in [0.25, 0.3) is 16.0 Å². The minimum atomic E-state index is -6.11. The van der Waals surface area contributed by atoms with Crippen LogP contribution in [-0.4, -0.2) is 253 Å². The van der Waals surface area contributed by atoms with Gasteiger partial charge in [0.2, 0.25) is 17.7 Å². The normalized spacial score (nSPS) is 19.7. The second-order valence-corrected chi connectivity index (χ2v) is 38.6. The number of benzene rings is 5. The molecule has 5 aliphatic rings. The standard InChI is InChI=1S/C85H106ClF3N14O11S4/c1-57(59-13-15-61(16-14-59)77-58(2)92-56-116-77)93-81(108)73-47-68(104)53-103(73)82(109)78(83(3,4)5)95-76(105)51-91-79(106)63-21-28-75(90-50-63)102-41-35-99(36-42-102)34-33-97(7)55-84(6)31-29-71(60-17-22-65(86)23-18-60)64(49-84)52-100-37-39-101(40-38-100)67-24-19-62(20-25-67)80(107)96-118(112,113)70-26-27-72(74(48-70)117(110,111)85(87,88)89)94-66(30-32-98-43-45-114-46-44-98)54-115-69-11-9-8-10-12-69/h8-28,48,50,56-57,66,68,73,78,94,104H,29-47,49,51-55H2,1-7H3,(H,91,106)(H,93,108)(H,95,105)(H,96,107)/t57-,66?,68+,73-,78?,84?/m0/s1. The fraction of sp³-hybridized carbons (Fsp3) is 0.471. The number of aryl methyl sites for hydroxylation is 1. The van der Waals surface area contributed by atoms with Crippen LogP contribution >= 0.6 is 34.7 Å². The number of hydrogen-bond donors (Lipinski definition) is 6. The van der Waals surface area contributed by atoms with Gasteiger partial charge >= 0.3 is 5.51 Å². The van der Waals surface area contributed by atoms with Crippen LogP contribution in [0.1, 0.15) is 110 Å². The molecule has 1 aliphatic carbocycles. The monoisotopic (exact) mass is 1720 g/mol. The first-order chi connectivity index (χ1) is 56.1. The number of nitrogens with one attached hydrogen (secondary N) is 5. The molecule has 5 aromatic carbocycles. The first kappa shape index (κ1) is 88.7. The predicted octanol–water partition coefficient (Wildman–Crippen LogP) is 10.5. The maximum absolute atomic E-state index is 14.4. The summed E-state index contributed by atoms with van der Waals surface area (Å²) in [4.78, 5) is 92.9. The Morgan fingerprint density at radius 1 is 0.771 bits per heavy atom. The van der Waals surface area contributed by atoms with Crippen LogP contribution in [0.4, 0.5) is 30.4 Å². The highest BCUT2D eigenvalue weighted by Gasteiger charge is 2.49. The summed E-state index contributed by atoms with van der Waals surface area (Å²) >= 11 is 9.40. The van der Waals surface area contributed by atoms with E-state index in [4.69, 9.17) is 16.3 Å². The topological polar surface area (TPSA) is 292 Å². The van der Waals surface area contributed by atoms with Gasteiger partial charge in [0.25, 0.3) is 31.7 Å². The molecule has 4 saturated heterocycles. The number of aliphatic hydroxyl groups excluding tert-OH is 1. The Morgan fingerprint density at radius 3 is 2.08 bits per heavy atom. The molecule has 33 heteroatoms. The number of morpholine rings is 1. The van der Waals surface area contributed by atoms with E-state index in [-0.39, 0.29) is 29.5 Å². The van der Waals surface area contributed by atoms with E-state index in [0.29, 0.717) is 69.2 Å². The highest BCUT2D eigenvalue weighted by Crippen LogP contribution is 2.45. The van der Waals surface area contributed by atoms with Crippen LogP contribution in [0.3, 0.4) is 0 Å². The van der Waals surface area contributed by atoms with Gasteiger partial charge in [0, 0.05) is 150 Å². The number of sulfonamides is 1. The Hall–Kier alpha value is -8.54. The molecule has 5 amide bonds. The Morgan fingerprint density at radius 2 is 1.43 bits per heavy atom. The Balaban J connectivity index is 0.587. The van der Waals surface area contributed by atoms with Crippen molar-refractivity contribution < 1.29 is 63.8 Å². The number of aromatic nitrogens is 2. The van der Waals surface area contributed by atoms with Crippen molar-refractivity contribution in [3.05, 3.63) is 184 Å². The molecule has 634 valence electrons. The highest BCUT2D eigenvalue weighted by molar-refractivity contribution is 7.99. The molecule has 12 rings (SSSR count). The number of carbonyl (C=O) groups is 5. The summed E-state index contributed by atoms with van der Waals surface area (Å²) < 4.78 is 105. The molecule has 25 nitrogen and oxygen atoms in total. The van der Waals surface area contributed by atoms with Crippen LogP contribution < -0.4 is 35.8 Å². The number of carbonyl (C=O) groups excluding carboxylic acids is 5. The lowest BCUT2D eigenvalue weighted by molar-refractivity contribution is -0.144. The van der Waals surface area contributed by atoms with Gasteiger partial charge in [-0.25, -0.2) is 31.5 Å². The van der Waals surface area contributed by atoms with Gasteiger partial charge in [-0.3, -0.25) is 38.7 Å². The number of aliphatic hydroxyl groups is 1. The van der Waals surface area contributed by atoms with E-state index >= 15 is 0 Å². The SMILES string of the molecule is Cc1ncsc1-c1ccc([C@H](C)NC(=O)[C@@H]2C[C@@H](O)CN2C(=O)C(NC(=O)CNC(=O)c2ccc(N3CCN(CCN(C)CC4(C)CCC(c5ccc(Cl)cc5)=C(CN5CCN(c6ccc(C(=O)NS(=O)(=O)c7ccc(NC(CCN8CCOCC8)CSc8ccccc8)c(S(=O)(=O)C(F)(F)F)c7)cc6)CC5)C4)CC3)nc2)C(C)(C)C)cc1. The lowest BCUT2D eigenvalue weighted by Gasteiger charge is -2.42. The fourth-order valence-corrected chi connectivity index (χ4v) is 19.9. The first-order valence-electron chi connectivity index (χ1n) is 40.0. The van der Waals surface area contributed by atoms with Crippen molar-refractivity contribution >= 4 is 107 Å². The molecular formula is C85H106ClF3N14O11S4. The lowest BCUT2D eigenvalue weighted by atomic mass is 9.71. The number of hydrogen-bond acceptors (Lipinski definition) is 22. The molecule has 0 saturated carbocycles. The Bertz CT molecular complexity index is 4910. The van der Waals surface area contributed by atoms with Crippen molar-refractivity contribution in [1.82, 2.24) is 55.1 Å².